The molecule has 0 unspecified atom stereocenters. The Labute approximate surface area is 228 Å². The molecular weight excluding hydrogens is 484 g/mol. The van der Waals surface area contributed by atoms with E-state index in [0.29, 0.717) is 25.2 Å². The van der Waals surface area contributed by atoms with E-state index in [1.165, 1.54) is 6.92 Å². The van der Waals surface area contributed by atoms with Gasteiger partial charge in [-0.2, -0.15) is 0 Å². The second-order valence-corrected chi connectivity index (χ2v) is 14.7. The topological polar surface area (TPSA) is 116 Å². The Morgan fingerprint density at radius 1 is 1.13 bits per heavy atom. The first-order valence-electron chi connectivity index (χ1n) is 14.8. The number of allylic oxidation sites excluding steroid dienone is 1. The first kappa shape index (κ1) is 30.0. The van der Waals surface area contributed by atoms with Crippen LogP contribution in [-0.4, -0.2) is 55.6 Å². The Hall–Kier alpha value is -0.990. The molecule has 4 aliphatic carbocycles. The first-order valence-corrected chi connectivity index (χ1v) is 14.8. The minimum absolute atomic E-state index is 0.0370. The van der Waals surface area contributed by atoms with E-state index in [2.05, 4.69) is 33.8 Å². The van der Waals surface area contributed by atoms with E-state index >= 15 is 0 Å². The molecule has 0 heterocycles. The minimum Gasteiger partial charge on any atom is -0.460 e. The van der Waals surface area contributed by atoms with Crippen molar-refractivity contribution in [2.24, 2.45) is 40.4 Å². The number of aliphatic hydroxyl groups excluding tert-OH is 2. The van der Waals surface area contributed by atoms with E-state index in [-0.39, 0.29) is 41.5 Å². The molecule has 4 rings (SSSR count). The molecule has 0 aromatic rings. The van der Waals surface area contributed by atoms with Gasteiger partial charge in [-0.15, -0.1) is 0 Å². The molecule has 218 valence electrons. The van der Waals surface area contributed by atoms with Crippen molar-refractivity contribution < 1.29 is 35.0 Å². The molecule has 3 saturated carbocycles. The normalized spacial score (nSPS) is 44.1. The third-order valence-electron chi connectivity index (χ3n) is 12.3. The lowest BCUT2D eigenvalue weighted by Crippen LogP contribution is -2.68. The summed E-state index contributed by atoms with van der Waals surface area (Å²) in [5.74, 6) is 0.650. The molecule has 4 aliphatic rings. The van der Waals surface area contributed by atoms with Gasteiger partial charge in [0, 0.05) is 18.8 Å². The van der Waals surface area contributed by atoms with E-state index in [4.69, 9.17) is 9.62 Å². The van der Waals surface area contributed by atoms with Crippen LogP contribution in [0.25, 0.3) is 0 Å². The largest absolute Gasteiger partial charge is 0.460 e. The zero-order valence-electron chi connectivity index (χ0n) is 24.8. The number of rotatable bonds is 7. The molecule has 7 heteroatoms. The highest BCUT2D eigenvalue weighted by Gasteiger charge is 2.67. The number of aliphatic hydroxyl groups is 3. The summed E-state index contributed by atoms with van der Waals surface area (Å²) in [5.41, 5.74) is -2.27. The van der Waals surface area contributed by atoms with Crippen LogP contribution in [0.5, 0.6) is 0 Å². The average Bonchev–Trinajstić information content (AvgIpc) is 3.18. The molecule has 0 aromatic carbocycles. The van der Waals surface area contributed by atoms with Crippen LogP contribution < -0.4 is 0 Å². The van der Waals surface area contributed by atoms with Gasteiger partial charge in [-0.05, 0) is 106 Å². The van der Waals surface area contributed by atoms with Crippen molar-refractivity contribution in [3.05, 3.63) is 11.6 Å². The van der Waals surface area contributed by atoms with Crippen LogP contribution in [0.2, 0.25) is 0 Å². The van der Waals surface area contributed by atoms with Crippen LogP contribution in [0, 0.1) is 40.4 Å². The minimum atomic E-state index is -1.25. The molecule has 38 heavy (non-hydrogen) atoms. The van der Waals surface area contributed by atoms with Crippen molar-refractivity contribution in [3.63, 3.8) is 0 Å². The number of esters is 1. The van der Waals surface area contributed by atoms with Gasteiger partial charge in [-0.3, -0.25) is 10.1 Å². The van der Waals surface area contributed by atoms with Crippen LogP contribution in [0.4, 0.5) is 0 Å². The van der Waals surface area contributed by atoms with Gasteiger partial charge in [0.25, 0.3) is 0 Å². The van der Waals surface area contributed by atoms with Crippen LogP contribution in [0.1, 0.15) is 107 Å². The molecule has 4 N–H and O–H groups in total. The summed E-state index contributed by atoms with van der Waals surface area (Å²) < 4.78 is 5.62. The van der Waals surface area contributed by atoms with Crippen molar-refractivity contribution in [2.75, 3.05) is 0 Å². The zero-order valence-corrected chi connectivity index (χ0v) is 24.8. The molecule has 11 atom stereocenters. The third kappa shape index (κ3) is 4.49. The fourth-order valence-corrected chi connectivity index (χ4v) is 9.78. The van der Waals surface area contributed by atoms with Crippen LogP contribution in [0.3, 0.4) is 0 Å². The SMILES string of the molecule is CC(=O)OC(C)(C)[C@@H](C)[C@H](C)C[C@](C)(OO)C1=CC[C@H]2[C@@H]3C[C@H](O)[C@]4(O)C[C@@H](O)CC[C@]4(C)[C@H]3CC[C@]12C. The molecule has 0 aliphatic heterocycles. The first-order chi connectivity index (χ1) is 17.4. The predicted molar refractivity (Wildman–Crippen MR) is 145 cm³/mol. The summed E-state index contributed by atoms with van der Waals surface area (Å²) in [6.07, 6.45) is 6.30. The van der Waals surface area contributed by atoms with Crippen molar-refractivity contribution in [3.8, 4) is 0 Å². The fourth-order valence-electron chi connectivity index (χ4n) is 9.78. The standard InChI is InChI=1S/C31H52O7/c1-18(19(2)27(4,5)37-20(3)32)16-30(8,38-36)25-10-9-23-22-15-26(34)31(35)17-21(33)11-14-29(31,7)24(22)12-13-28(23,25)6/h10,18-19,21-24,26,33-36H,9,11-17H2,1-8H3/t18-,19+,21+,22+,23+,24+,26+,28+,29-,30+,31-/m1/s1. The van der Waals surface area contributed by atoms with Crippen molar-refractivity contribution >= 4 is 5.97 Å². The number of hydrogen-bond donors (Lipinski definition) is 4. The Morgan fingerprint density at radius 2 is 1.79 bits per heavy atom. The van der Waals surface area contributed by atoms with Gasteiger partial charge in [0.2, 0.25) is 0 Å². The summed E-state index contributed by atoms with van der Waals surface area (Å²) in [6, 6.07) is 0. The molecule has 0 saturated heterocycles. The summed E-state index contributed by atoms with van der Waals surface area (Å²) in [4.78, 5) is 17.0. The Balaban J connectivity index is 1.58. The smallest absolute Gasteiger partial charge is 0.303 e. The maximum Gasteiger partial charge on any atom is 0.303 e. The molecular formula is C31H52O7. The number of carbonyl (C=O) groups excluding carboxylic acids is 1. The lowest BCUT2D eigenvalue weighted by molar-refractivity contribution is -0.315. The van der Waals surface area contributed by atoms with E-state index in [1.54, 1.807) is 0 Å². The molecule has 0 spiro atoms. The molecule has 0 aromatic heterocycles. The van der Waals surface area contributed by atoms with Gasteiger partial charge in [-0.25, -0.2) is 4.89 Å². The number of fused-ring (bicyclic) bond motifs is 5. The van der Waals surface area contributed by atoms with Crippen LogP contribution in [0.15, 0.2) is 11.6 Å². The number of carbonyl (C=O) groups is 1. The quantitative estimate of drug-likeness (QED) is 0.152. The second kappa shape index (κ2) is 9.83. The lowest BCUT2D eigenvalue weighted by atomic mass is 9.42. The molecule has 7 nitrogen and oxygen atoms in total. The summed E-state index contributed by atoms with van der Waals surface area (Å²) >= 11 is 0. The van der Waals surface area contributed by atoms with Crippen molar-refractivity contribution in [1.82, 2.24) is 0 Å². The van der Waals surface area contributed by atoms with Gasteiger partial charge in [0.05, 0.1) is 17.8 Å². The van der Waals surface area contributed by atoms with E-state index in [1.807, 2.05) is 20.8 Å². The number of ether oxygens (including phenoxy) is 1. The van der Waals surface area contributed by atoms with E-state index in [0.717, 1.165) is 31.3 Å². The van der Waals surface area contributed by atoms with Crippen molar-refractivity contribution in [1.29, 1.82) is 0 Å². The van der Waals surface area contributed by atoms with Gasteiger partial charge in [0.1, 0.15) is 11.2 Å². The van der Waals surface area contributed by atoms with Gasteiger partial charge in [0.15, 0.2) is 0 Å². The van der Waals surface area contributed by atoms with Gasteiger partial charge in [-0.1, -0.05) is 33.8 Å². The maximum absolute atomic E-state index is 11.7. The predicted octanol–water partition coefficient (Wildman–Crippen LogP) is 5.26. The summed E-state index contributed by atoms with van der Waals surface area (Å²) in [5, 5.41) is 43.7. The fraction of sp³-hybridized carbons (Fsp3) is 0.903. The second-order valence-electron chi connectivity index (χ2n) is 14.7. The van der Waals surface area contributed by atoms with E-state index < -0.39 is 34.4 Å². The zero-order chi connectivity index (χ0) is 28.5. The Bertz CT molecular complexity index is 947. The Morgan fingerprint density at radius 3 is 2.39 bits per heavy atom. The third-order valence-corrected chi connectivity index (χ3v) is 12.3. The van der Waals surface area contributed by atoms with Crippen LogP contribution in [-0.2, 0) is 14.4 Å². The summed E-state index contributed by atoms with van der Waals surface area (Å²) in [6.45, 7) is 15.9. The Kier molecular flexibility index (Phi) is 7.75. The molecule has 3 fully saturated rings. The number of hydrogen-bond acceptors (Lipinski definition) is 7. The van der Waals surface area contributed by atoms with Crippen LogP contribution >= 0.6 is 0 Å². The average molecular weight is 537 g/mol. The van der Waals surface area contributed by atoms with E-state index in [9.17, 15) is 25.4 Å². The lowest BCUT2D eigenvalue weighted by Gasteiger charge is -2.65. The highest BCUT2D eigenvalue weighted by Crippen LogP contribution is 2.68. The van der Waals surface area contributed by atoms with Gasteiger partial charge >= 0.3 is 5.97 Å². The maximum atomic E-state index is 11.7. The monoisotopic (exact) mass is 536 g/mol. The molecule has 0 bridgehead atoms. The van der Waals surface area contributed by atoms with Crippen molar-refractivity contribution in [2.45, 2.75) is 136 Å². The highest BCUT2D eigenvalue weighted by molar-refractivity contribution is 5.66. The molecule has 0 radical (unpaired) electrons. The highest BCUT2D eigenvalue weighted by atomic mass is 17.1. The van der Waals surface area contributed by atoms with Gasteiger partial charge < -0.3 is 20.1 Å². The summed E-state index contributed by atoms with van der Waals surface area (Å²) in [7, 11) is 0. The molecule has 0 amide bonds.